The summed E-state index contributed by atoms with van der Waals surface area (Å²) in [6, 6.07) is 8.00. The minimum atomic E-state index is -0.0252. The first-order chi connectivity index (χ1) is 13.0. The maximum absolute atomic E-state index is 11.9. The lowest BCUT2D eigenvalue weighted by Gasteiger charge is -2.24. The van der Waals surface area contributed by atoms with Crippen LogP contribution in [0.4, 0.5) is 0 Å². The zero-order valence-corrected chi connectivity index (χ0v) is 16.9. The lowest BCUT2D eigenvalue weighted by atomic mass is 10.1. The van der Waals surface area contributed by atoms with Gasteiger partial charge in [0.25, 0.3) is 0 Å². The van der Waals surface area contributed by atoms with E-state index in [9.17, 15) is 4.79 Å². The average molecular weight is 377 g/mol. The number of hydrogen-bond donors (Lipinski definition) is 1. The Balaban J connectivity index is 1.87. The first-order valence-electron chi connectivity index (χ1n) is 9.42. The van der Waals surface area contributed by atoms with Crippen molar-refractivity contribution >= 4 is 11.9 Å². The number of carbonyl (C=O) groups excluding carboxylic acids is 1. The summed E-state index contributed by atoms with van der Waals surface area (Å²) in [6.07, 6.45) is 1.05. The summed E-state index contributed by atoms with van der Waals surface area (Å²) in [5, 5.41) is 3.38. The number of benzene rings is 1. The van der Waals surface area contributed by atoms with E-state index in [0.717, 1.165) is 31.9 Å². The smallest absolute Gasteiger partial charge is 0.243 e. The van der Waals surface area contributed by atoms with E-state index in [-0.39, 0.29) is 12.5 Å². The third kappa shape index (κ3) is 7.46. The second kappa shape index (κ2) is 10.8. The normalized spacial score (nSPS) is 16.9. The highest BCUT2D eigenvalue weighted by molar-refractivity contribution is 5.84. The van der Waals surface area contributed by atoms with E-state index in [1.165, 1.54) is 5.56 Å². The molecule has 1 atom stereocenters. The highest BCUT2D eigenvalue weighted by Gasteiger charge is 2.17. The number of aliphatic imine (C=N–C) groups is 1. The molecule has 0 radical (unpaired) electrons. The van der Waals surface area contributed by atoms with Crippen LogP contribution in [-0.2, 0) is 9.53 Å². The van der Waals surface area contributed by atoms with Crippen molar-refractivity contribution in [3.63, 3.8) is 0 Å². The van der Waals surface area contributed by atoms with Crippen molar-refractivity contribution in [1.29, 1.82) is 0 Å². The number of ether oxygens (including phenoxy) is 2. The molecule has 7 heteroatoms. The van der Waals surface area contributed by atoms with Gasteiger partial charge in [0, 0.05) is 40.2 Å². The molecule has 1 aliphatic rings. The number of aryl methyl sites for hydroxylation is 1. The maximum atomic E-state index is 11.9. The number of amides is 1. The molecule has 0 aromatic heterocycles. The van der Waals surface area contributed by atoms with Gasteiger partial charge in [-0.05, 0) is 25.5 Å². The van der Waals surface area contributed by atoms with Crippen LogP contribution in [-0.4, -0.2) is 82.3 Å². The van der Waals surface area contributed by atoms with Gasteiger partial charge in [0.15, 0.2) is 5.96 Å². The molecule has 1 amide bonds. The van der Waals surface area contributed by atoms with E-state index in [1.54, 1.807) is 19.0 Å². The molecule has 0 aliphatic carbocycles. The quantitative estimate of drug-likeness (QED) is 0.548. The van der Waals surface area contributed by atoms with E-state index >= 15 is 0 Å². The van der Waals surface area contributed by atoms with Crippen molar-refractivity contribution in [1.82, 2.24) is 15.1 Å². The monoisotopic (exact) mass is 376 g/mol. The number of nitrogens with one attached hydrogen (secondary N) is 1. The second-order valence-electron chi connectivity index (χ2n) is 7.12. The molecule has 1 aromatic carbocycles. The highest BCUT2D eigenvalue weighted by Crippen LogP contribution is 2.12. The summed E-state index contributed by atoms with van der Waals surface area (Å²) in [5.74, 6) is 2.02. The van der Waals surface area contributed by atoms with Gasteiger partial charge in [-0.2, -0.15) is 0 Å². The zero-order chi connectivity index (χ0) is 19.6. The van der Waals surface area contributed by atoms with Crippen molar-refractivity contribution in [3.8, 4) is 5.75 Å². The standard InChI is InChI=1S/C20H32N4O3/c1-16-5-7-18(8-6-16)27-12-10-24(4)20(22-14-19(25)23(2)3)21-13-17-9-11-26-15-17/h5-8,17H,9-15H2,1-4H3,(H,21,22). The van der Waals surface area contributed by atoms with Crippen LogP contribution in [0.1, 0.15) is 12.0 Å². The summed E-state index contributed by atoms with van der Waals surface area (Å²) in [4.78, 5) is 19.9. The molecule has 2 rings (SSSR count). The molecule has 0 bridgehead atoms. The van der Waals surface area contributed by atoms with Crippen LogP contribution in [0, 0.1) is 12.8 Å². The lowest BCUT2D eigenvalue weighted by Crippen LogP contribution is -2.43. The molecule has 150 valence electrons. The summed E-state index contributed by atoms with van der Waals surface area (Å²) in [6.45, 7) is 5.76. The Labute approximate surface area is 162 Å². The molecule has 1 N–H and O–H groups in total. The van der Waals surface area contributed by atoms with E-state index in [4.69, 9.17) is 9.47 Å². The number of likely N-dealkylation sites (N-methyl/N-ethyl adjacent to an activating group) is 2. The van der Waals surface area contributed by atoms with Crippen molar-refractivity contribution in [2.45, 2.75) is 13.3 Å². The Bertz CT molecular complexity index is 610. The number of guanidine groups is 1. The predicted octanol–water partition coefficient (Wildman–Crippen LogP) is 1.38. The second-order valence-corrected chi connectivity index (χ2v) is 7.12. The zero-order valence-electron chi connectivity index (χ0n) is 16.9. The Hall–Kier alpha value is -2.28. The van der Waals surface area contributed by atoms with Crippen LogP contribution < -0.4 is 10.1 Å². The Kier molecular flexibility index (Phi) is 8.39. The van der Waals surface area contributed by atoms with Crippen LogP contribution in [0.15, 0.2) is 29.3 Å². The van der Waals surface area contributed by atoms with Crippen LogP contribution >= 0.6 is 0 Å². The molecule has 1 fully saturated rings. The maximum Gasteiger partial charge on any atom is 0.243 e. The first-order valence-corrected chi connectivity index (χ1v) is 9.42. The number of nitrogens with zero attached hydrogens (tertiary/aromatic N) is 3. The average Bonchev–Trinajstić information content (AvgIpc) is 3.16. The lowest BCUT2D eigenvalue weighted by molar-refractivity contribution is -0.127. The molecular formula is C20H32N4O3. The van der Waals surface area contributed by atoms with Crippen molar-refractivity contribution in [2.75, 3.05) is 60.6 Å². The largest absolute Gasteiger partial charge is 0.492 e. The molecule has 1 heterocycles. The minimum absolute atomic E-state index is 0.0252. The fraction of sp³-hybridized carbons (Fsp3) is 0.600. The van der Waals surface area contributed by atoms with Gasteiger partial charge in [-0.3, -0.25) is 4.79 Å². The SMILES string of the molecule is Cc1ccc(OCCN(C)C(=NCC(=O)N(C)C)NCC2CCOC2)cc1. The van der Waals surface area contributed by atoms with Crippen LogP contribution in [0.2, 0.25) is 0 Å². The topological polar surface area (TPSA) is 66.4 Å². The van der Waals surface area contributed by atoms with Crippen LogP contribution in [0.25, 0.3) is 0 Å². The first kappa shape index (κ1) is 21.0. The van der Waals surface area contributed by atoms with Gasteiger partial charge in [0.2, 0.25) is 5.91 Å². The van der Waals surface area contributed by atoms with Gasteiger partial charge in [-0.25, -0.2) is 4.99 Å². The van der Waals surface area contributed by atoms with Crippen molar-refractivity contribution < 1.29 is 14.3 Å². The molecule has 0 saturated carbocycles. The van der Waals surface area contributed by atoms with Gasteiger partial charge < -0.3 is 24.6 Å². The Morgan fingerprint density at radius 1 is 1.30 bits per heavy atom. The Morgan fingerprint density at radius 2 is 2.04 bits per heavy atom. The van der Waals surface area contributed by atoms with E-state index in [0.29, 0.717) is 25.0 Å². The van der Waals surface area contributed by atoms with Gasteiger partial charge in [0.1, 0.15) is 18.9 Å². The summed E-state index contributed by atoms with van der Waals surface area (Å²) in [5.41, 5.74) is 1.21. The number of carbonyl (C=O) groups is 1. The fourth-order valence-corrected chi connectivity index (χ4v) is 2.62. The van der Waals surface area contributed by atoms with Gasteiger partial charge in [0.05, 0.1) is 13.2 Å². The molecule has 27 heavy (non-hydrogen) atoms. The molecule has 1 unspecified atom stereocenters. The molecular weight excluding hydrogens is 344 g/mol. The van der Waals surface area contributed by atoms with Gasteiger partial charge in [-0.1, -0.05) is 17.7 Å². The molecule has 7 nitrogen and oxygen atoms in total. The van der Waals surface area contributed by atoms with Crippen LogP contribution in [0.3, 0.4) is 0 Å². The summed E-state index contributed by atoms with van der Waals surface area (Å²) in [7, 11) is 5.43. The number of rotatable bonds is 8. The molecule has 1 aromatic rings. The summed E-state index contributed by atoms with van der Waals surface area (Å²) >= 11 is 0. The highest BCUT2D eigenvalue weighted by atomic mass is 16.5. The Morgan fingerprint density at radius 3 is 2.67 bits per heavy atom. The third-order valence-electron chi connectivity index (χ3n) is 4.51. The molecule has 1 saturated heterocycles. The predicted molar refractivity (Wildman–Crippen MR) is 107 cm³/mol. The van der Waals surface area contributed by atoms with E-state index in [2.05, 4.69) is 17.2 Å². The number of hydrogen-bond acceptors (Lipinski definition) is 4. The van der Waals surface area contributed by atoms with Gasteiger partial charge in [-0.15, -0.1) is 0 Å². The van der Waals surface area contributed by atoms with Crippen molar-refractivity contribution in [2.24, 2.45) is 10.9 Å². The van der Waals surface area contributed by atoms with Crippen molar-refractivity contribution in [3.05, 3.63) is 29.8 Å². The van der Waals surface area contributed by atoms with E-state index < -0.39 is 0 Å². The molecule has 0 spiro atoms. The fourth-order valence-electron chi connectivity index (χ4n) is 2.62. The van der Waals surface area contributed by atoms with E-state index in [1.807, 2.05) is 36.2 Å². The summed E-state index contributed by atoms with van der Waals surface area (Å²) < 4.78 is 11.2. The third-order valence-corrected chi connectivity index (χ3v) is 4.51. The van der Waals surface area contributed by atoms with Crippen LogP contribution in [0.5, 0.6) is 5.75 Å². The molecule has 1 aliphatic heterocycles. The minimum Gasteiger partial charge on any atom is -0.492 e. The van der Waals surface area contributed by atoms with Gasteiger partial charge >= 0.3 is 0 Å².